The Kier molecular flexibility index (Phi) is 15.6. The van der Waals surface area contributed by atoms with Gasteiger partial charge in [-0.3, -0.25) is 9.59 Å². The molecule has 5 rings (SSSR count). The molecule has 1 aliphatic rings. The third-order valence-electron chi connectivity index (χ3n) is 9.70. The number of piperidine rings is 1. The summed E-state index contributed by atoms with van der Waals surface area (Å²) in [5.74, 6) is -0.140. The van der Waals surface area contributed by atoms with E-state index in [0.29, 0.717) is 41.3 Å². The maximum absolute atomic E-state index is 14.2. The minimum absolute atomic E-state index is 0. The van der Waals surface area contributed by atoms with Crippen LogP contribution < -0.4 is 36.8 Å². The van der Waals surface area contributed by atoms with Gasteiger partial charge in [-0.15, -0.1) is 11.8 Å². The first-order valence-electron chi connectivity index (χ1n) is 18.5. The second kappa shape index (κ2) is 19.6. The van der Waals surface area contributed by atoms with Crippen molar-refractivity contribution in [1.82, 2.24) is 4.57 Å². The van der Waals surface area contributed by atoms with Crippen molar-refractivity contribution in [3.8, 4) is 17.2 Å². The molecule has 1 fully saturated rings. The van der Waals surface area contributed by atoms with Crippen molar-refractivity contribution >= 4 is 34.3 Å². The zero-order chi connectivity index (χ0) is 36.4. The van der Waals surface area contributed by atoms with E-state index in [-0.39, 0.29) is 34.8 Å². The highest BCUT2D eigenvalue weighted by Gasteiger charge is 2.25. The fourth-order valence-corrected chi connectivity index (χ4v) is 8.00. The van der Waals surface area contributed by atoms with E-state index >= 15 is 0 Å². The molecule has 0 radical (unpaired) electrons. The standard InChI is InChI=1S/C41H52F2N3O4S.BrH/c1-5-44(32-23-30(42)22-31(43)24-32)41(48)38-29-45(33-25-34(49-6-2)27-35(26-33)50-7-3)39-28-36(16-17-37(39)40(38)47)51-21-15-10-8-9-12-18-46(4)19-13-11-14-20-46;/h16-17,22-29H,5-15,18-21H2,1-4H3;1H/q+1;/p-1. The summed E-state index contributed by atoms with van der Waals surface area (Å²) in [4.78, 5) is 30.3. The normalized spacial score (nSPS) is 13.8. The number of fused-ring (bicyclic) bond motifs is 1. The molecule has 0 bridgehead atoms. The fourth-order valence-electron chi connectivity index (χ4n) is 7.06. The SMILES string of the molecule is CCOc1cc(OCC)cc(-n2cc(C(=O)N(CC)c3cc(F)cc(F)c3)c(=O)c3ccc(SCCCCCCC[N+]4(C)CCCCC4)cc32)c1.[Br-]. The molecule has 3 aromatic carbocycles. The average Bonchev–Trinajstić information content (AvgIpc) is 3.10. The number of anilines is 1. The summed E-state index contributed by atoms with van der Waals surface area (Å²) in [6, 6.07) is 14.1. The average molecular weight is 801 g/mol. The Labute approximate surface area is 321 Å². The quantitative estimate of drug-likeness (QED) is 0.0703. The van der Waals surface area contributed by atoms with Gasteiger partial charge in [-0.05, 0) is 95.4 Å². The third-order valence-corrected chi connectivity index (χ3v) is 10.8. The topological polar surface area (TPSA) is 60.8 Å². The highest BCUT2D eigenvalue weighted by atomic mass is 79.9. The van der Waals surface area contributed by atoms with E-state index in [2.05, 4.69) is 7.05 Å². The molecule has 7 nitrogen and oxygen atoms in total. The molecule has 0 N–H and O–H groups in total. The predicted octanol–water partition coefficient (Wildman–Crippen LogP) is 6.41. The van der Waals surface area contributed by atoms with Crippen molar-refractivity contribution in [1.29, 1.82) is 0 Å². The molecular formula is C41H52BrF2N3O4S. The van der Waals surface area contributed by atoms with Crippen LogP contribution in [0.5, 0.6) is 11.5 Å². The number of hydrogen-bond acceptors (Lipinski definition) is 5. The molecule has 1 aliphatic heterocycles. The van der Waals surface area contributed by atoms with Crippen LogP contribution in [0.2, 0.25) is 0 Å². The number of carbonyl (C=O) groups is 1. The van der Waals surface area contributed by atoms with Crippen LogP contribution in [0.3, 0.4) is 0 Å². The van der Waals surface area contributed by atoms with Gasteiger partial charge in [-0.25, -0.2) is 8.78 Å². The molecule has 0 unspecified atom stereocenters. The first kappa shape index (κ1) is 41.3. The van der Waals surface area contributed by atoms with Gasteiger partial charge in [-0.2, -0.15) is 0 Å². The lowest BCUT2D eigenvalue weighted by Crippen LogP contribution is -3.00. The maximum atomic E-state index is 14.2. The van der Waals surface area contributed by atoms with Crippen LogP contribution in [0, 0.1) is 11.6 Å². The van der Waals surface area contributed by atoms with Gasteiger partial charge in [0, 0.05) is 53.0 Å². The Balaban J connectivity index is 0.00000605. The van der Waals surface area contributed by atoms with Crippen LogP contribution in [0.15, 0.2) is 70.5 Å². The summed E-state index contributed by atoms with van der Waals surface area (Å²) >= 11 is 1.76. The Bertz CT molecular complexity index is 1820. The molecule has 1 amide bonds. The van der Waals surface area contributed by atoms with Crippen LogP contribution in [0.4, 0.5) is 14.5 Å². The lowest BCUT2D eigenvalue weighted by atomic mass is 10.1. The highest BCUT2D eigenvalue weighted by molar-refractivity contribution is 7.99. The Hall–Kier alpha value is -3.41. The molecule has 11 heteroatoms. The summed E-state index contributed by atoms with van der Waals surface area (Å²) in [5.41, 5.74) is 0.737. The van der Waals surface area contributed by atoms with Gasteiger partial charge >= 0.3 is 0 Å². The van der Waals surface area contributed by atoms with Crippen LogP contribution in [0.25, 0.3) is 16.6 Å². The third kappa shape index (κ3) is 10.6. The number of nitrogens with zero attached hydrogens (tertiary/aromatic N) is 3. The van der Waals surface area contributed by atoms with Crippen molar-refractivity contribution in [2.24, 2.45) is 0 Å². The molecule has 0 spiro atoms. The zero-order valence-corrected chi connectivity index (χ0v) is 33.3. The first-order chi connectivity index (χ1) is 24.6. The molecular weight excluding hydrogens is 748 g/mol. The van der Waals surface area contributed by atoms with E-state index in [1.165, 1.54) is 80.2 Å². The van der Waals surface area contributed by atoms with E-state index in [1.807, 2.05) is 42.7 Å². The number of carbonyl (C=O) groups excluding carboxylic acids is 1. The molecule has 0 atom stereocenters. The number of hydrogen-bond donors (Lipinski definition) is 0. The first-order valence-corrected chi connectivity index (χ1v) is 19.5. The predicted molar refractivity (Wildman–Crippen MR) is 204 cm³/mol. The van der Waals surface area contributed by atoms with Crippen LogP contribution >= 0.6 is 11.8 Å². The van der Waals surface area contributed by atoms with Gasteiger partial charge in [0.1, 0.15) is 28.7 Å². The molecule has 0 aliphatic carbocycles. The Morgan fingerprint density at radius 2 is 1.48 bits per heavy atom. The van der Waals surface area contributed by atoms with Gasteiger partial charge in [0.05, 0.1) is 51.1 Å². The van der Waals surface area contributed by atoms with Crippen LogP contribution in [0.1, 0.15) is 82.5 Å². The number of pyridine rings is 1. The van der Waals surface area contributed by atoms with Crippen molar-refractivity contribution in [2.75, 3.05) is 57.1 Å². The van der Waals surface area contributed by atoms with E-state index in [9.17, 15) is 18.4 Å². The van der Waals surface area contributed by atoms with Gasteiger partial charge in [0.25, 0.3) is 5.91 Å². The summed E-state index contributed by atoms with van der Waals surface area (Å²) in [6.45, 7) is 10.4. The molecule has 2 heterocycles. The van der Waals surface area contributed by atoms with Gasteiger partial charge in [0.2, 0.25) is 5.43 Å². The van der Waals surface area contributed by atoms with Crippen molar-refractivity contribution < 1.29 is 44.5 Å². The minimum Gasteiger partial charge on any atom is -1.00 e. The minimum atomic E-state index is -0.809. The monoisotopic (exact) mass is 799 g/mol. The second-order valence-electron chi connectivity index (χ2n) is 13.6. The molecule has 1 aromatic heterocycles. The molecule has 282 valence electrons. The van der Waals surface area contributed by atoms with E-state index < -0.39 is 23.0 Å². The molecule has 52 heavy (non-hydrogen) atoms. The number of amides is 1. The zero-order valence-electron chi connectivity index (χ0n) is 30.9. The smallest absolute Gasteiger partial charge is 0.263 e. The number of likely N-dealkylation sites (tertiary alicyclic amines) is 1. The number of unbranched alkanes of at least 4 members (excludes halogenated alkanes) is 4. The number of thioether (sulfide) groups is 1. The highest BCUT2D eigenvalue weighted by Crippen LogP contribution is 2.31. The molecule has 0 saturated carbocycles. The molecule has 4 aromatic rings. The van der Waals surface area contributed by atoms with Crippen LogP contribution in [-0.4, -0.2) is 67.2 Å². The Morgan fingerprint density at radius 3 is 2.12 bits per heavy atom. The van der Waals surface area contributed by atoms with Gasteiger partial charge in [-0.1, -0.05) is 12.8 Å². The maximum Gasteiger partial charge on any atom is 0.263 e. The van der Waals surface area contributed by atoms with Crippen molar-refractivity contribution in [3.63, 3.8) is 0 Å². The fraction of sp³-hybridized carbons (Fsp3) is 0.463. The number of halogens is 3. The summed E-state index contributed by atoms with van der Waals surface area (Å²) in [6.07, 6.45) is 11.7. The van der Waals surface area contributed by atoms with Crippen LogP contribution in [-0.2, 0) is 0 Å². The Morgan fingerprint density at radius 1 is 0.846 bits per heavy atom. The van der Waals surface area contributed by atoms with E-state index in [0.717, 1.165) is 35.3 Å². The number of benzene rings is 3. The summed E-state index contributed by atoms with van der Waals surface area (Å²) < 4.78 is 43.1. The number of quaternary nitrogens is 1. The van der Waals surface area contributed by atoms with Crippen molar-refractivity contribution in [3.05, 3.63) is 88.2 Å². The van der Waals surface area contributed by atoms with E-state index in [4.69, 9.17) is 9.47 Å². The van der Waals surface area contributed by atoms with Gasteiger partial charge < -0.3 is 40.4 Å². The van der Waals surface area contributed by atoms with Crippen molar-refractivity contribution in [2.45, 2.75) is 77.0 Å². The number of rotatable bonds is 17. The second-order valence-corrected chi connectivity index (χ2v) is 14.8. The lowest BCUT2D eigenvalue weighted by molar-refractivity contribution is -0.914. The summed E-state index contributed by atoms with van der Waals surface area (Å²) in [5, 5.41) is 0.358. The number of aromatic nitrogens is 1. The largest absolute Gasteiger partial charge is 1.00 e. The number of ether oxygens (including phenoxy) is 2. The van der Waals surface area contributed by atoms with E-state index in [1.54, 1.807) is 30.8 Å². The lowest BCUT2D eigenvalue weighted by Gasteiger charge is -2.37. The molecule has 1 saturated heterocycles. The van der Waals surface area contributed by atoms with Gasteiger partial charge in [0.15, 0.2) is 0 Å². The summed E-state index contributed by atoms with van der Waals surface area (Å²) in [7, 11) is 2.42.